The Balaban J connectivity index is 1.87. The van der Waals surface area contributed by atoms with Crippen molar-refractivity contribution in [3.05, 3.63) is 52.6 Å². The van der Waals surface area contributed by atoms with Crippen molar-refractivity contribution in [1.82, 2.24) is 4.98 Å². The molecule has 1 aromatic heterocycles. The average molecular weight is 365 g/mol. The zero-order valence-electron chi connectivity index (χ0n) is 12.0. The first-order valence-electron chi connectivity index (χ1n) is 6.72. The quantitative estimate of drug-likeness (QED) is 0.604. The first kappa shape index (κ1) is 16.2. The first-order valence-corrected chi connectivity index (χ1v) is 7.48. The predicted octanol–water partition coefficient (Wildman–Crippen LogP) is 4.29. The molecule has 3 N–H and O–H groups in total. The van der Waals surface area contributed by atoms with E-state index in [1.54, 1.807) is 6.07 Å². The highest BCUT2D eigenvalue weighted by Gasteiger charge is 2.15. The topological polar surface area (TPSA) is 91.4 Å². The van der Waals surface area contributed by atoms with Gasteiger partial charge < -0.3 is 20.1 Å². The molecule has 3 aromatic rings. The minimum absolute atomic E-state index is 0.136. The van der Waals surface area contributed by atoms with Crippen molar-refractivity contribution >= 4 is 51.7 Å². The number of aliphatic carboxylic acids is 1. The summed E-state index contributed by atoms with van der Waals surface area (Å²) in [7, 11) is 0. The number of aromatic nitrogens is 1. The summed E-state index contributed by atoms with van der Waals surface area (Å²) < 4.78 is 5.72. The van der Waals surface area contributed by atoms with Crippen LogP contribution in [0.25, 0.3) is 10.9 Å². The van der Waals surface area contributed by atoms with Crippen LogP contribution in [0.15, 0.2) is 42.6 Å². The zero-order valence-corrected chi connectivity index (χ0v) is 13.5. The Morgan fingerprint density at radius 3 is 2.46 bits per heavy atom. The van der Waals surface area contributed by atoms with Crippen LogP contribution in [-0.2, 0) is 9.59 Å². The first-order chi connectivity index (χ1) is 11.4. The summed E-state index contributed by atoms with van der Waals surface area (Å²) in [5.74, 6) is -2.05. The third-order valence-electron chi connectivity index (χ3n) is 3.20. The van der Waals surface area contributed by atoms with E-state index in [1.165, 1.54) is 12.1 Å². The lowest BCUT2D eigenvalue weighted by molar-refractivity contribution is -0.147. The molecule has 0 aliphatic heterocycles. The average Bonchev–Trinajstić information content (AvgIpc) is 2.98. The highest BCUT2D eigenvalue weighted by Crippen LogP contribution is 2.39. The molecule has 1 heterocycles. The van der Waals surface area contributed by atoms with E-state index in [0.717, 1.165) is 10.9 Å². The Labute approximate surface area is 145 Å². The van der Waals surface area contributed by atoms with E-state index in [9.17, 15) is 9.59 Å². The molecule has 2 aromatic carbocycles. The number of nitrogens with one attached hydrogen (secondary N) is 2. The molecular weight excluding hydrogens is 355 g/mol. The second-order valence-electron chi connectivity index (χ2n) is 4.86. The van der Waals surface area contributed by atoms with Gasteiger partial charge in [-0.25, -0.2) is 4.79 Å². The van der Waals surface area contributed by atoms with Crippen LogP contribution in [0.5, 0.6) is 11.5 Å². The van der Waals surface area contributed by atoms with Crippen molar-refractivity contribution in [3.8, 4) is 11.5 Å². The largest absolute Gasteiger partial charge is 0.474 e. The maximum absolute atomic E-state index is 11.2. The highest BCUT2D eigenvalue weighted by molar-refractivity contribution is 6.39. The summed E-state index contributed by atoms with van der Waals surface area (Å²) >= 11 is 12.3. The molecule has 3 rings (SSSR count). The number of carbonyl (C=O) groups is 2. The van der Waals surface area contributed by atoms with E-state index in [4.69, 9.17) is 33.0 Å². The van der Waals surface area contributed by atoms with E-state index in [1.807, 2.05) is 24.4 Å². The Kier molecular flexibility index (Phi) is 4.33. The summed E-state index contributed by atoms with van der Waals surface area (Å²) in [5.41, 5.74) is 1.12. The molecule has 122 valence electrons. The SMILES string of the molecule is O=C(O)C(=O)Nc1cc(Cl)c(Oc2ccc3[nH]ccc3c2)c(Cl)c1. The molecule has 0 unspecified atom stereocenters. The van der Waals surface area contributed by atoms with E-state index in [-0.39, 0.29) is 21.5 Å². The number of carbonyl (C=O) groups excluding carboxylic acids is 1. The molecule has 8 heteroatoms. The van der Waals surface area contributed by atoms with Gasteiger partial charge in [0.15, 0.2) is 5.75 Å². The molecule has 0 aliphatic rings. The number of hydrogen-bond acceptors (Lipinski definition) is 3. The maximum atomic E-state index is 11.2. The Bertz CT molecular complexity index is 929. The predicted molar refractivity (Wildman–Crippen MR) is 91.1 cm³/mol. The molecule has 0 saturated heterocycles. The van der Waals surface area contributed by atoms with Crippen molar-refractivity contribution in [2.45, 2.75) is 0 Å². The van der Waals surface area contributed by atoms with E-state index in [2.05, 4.69) is 10.3 Å². The molecule has 0 spiro atoms. The molecule has 0 fully saturated rings. The Morgan fingerprint density at radius 1 is 1.08 bits per heavy atom. The Morgan fingerprint density at radius 2 is 1.79 bits per heavy atom. The summed E-state index contributed by atoms with van der Waals surface area (Å²) in [6.07, 6.45) is 1.81. The van der Waals surface area contributed by atoms with Crippen LogP contribution in [0.2, 0.25) is 10.0 Å². The number of hydrogen-bond donors (Lipinski definition) is 3. The zero-order chi connectivity index (χ0) is 17.3. The second kappa shape index (κ2) is 6.43. The third-order valence-corrected chi connectivity index (χ3v) is 3.76. The van der Waals surface area contributed by atoms with Gasteiger partial charge >= 0.3 is 11.9 Å². The maximum Gasteiger partial charge on any atom is 0.394 e. The number of H-pyrrole nitrogens is 1. The van der Waals surface area contributed by atoms with Gasteiger partial charge in [0.1, 0.15) is 5.75 Å². The van der Waals surface area contributed by atoms with Crippen molar-refractivity contribution < 1.29 is 19.4 Å². The minimum Gasteiger partial charge on any atom is -0.474 e. The summed E-state index contributed by atoms with van der Waals surface area (Å²) in [6.45, 7) is 0. The van der Waals surface area contributed by atoms with Gasteiger partial charge in [-0.2, -0.15) is 0 Å². The van der Waals surface area contributed by atoms with Crippen molar-refractivity contribution in [3.63, 3.8) is 0 Å². The fourth-order valence-corrected chi connectivity index (χ4v) is 2.69. The molecular formula is C16H10Cl2N2O4. The smallest absolute Gasteiger partial charge is 0.394 e. The van der Waals surface area contributed by atoms with Gasteiger partial charge in [-0.3, -0.25) is 4.79 Å². The van der Waals surface area contributed by atoms with Crippen LogP contribution >= 0.6 is 23.2 Å². The number of ether oxygens (including phenoxy) is 1. The minimum atomic E-state index is -1.61. The number of rotatable bonds is 3. The van der Waals surface area contributed by atoms with Crippen LogP contribution in [0, 0.1) is 0 Å². The molecule has 0 atom stereocenters. The van der Waals surface area contributed by atoms with Crippen molar-refractivity contribution in [1.29, 1.82) is 0 Å². The van der Waals surface area contributed by atoms with Gasteiger partial charge in [0.25, 0.3) is 0 Å². The van der Waals surface area contributed by atoms with Gasteiger partial charge in [-0.15, -0.1) is 0 Å². The van der Waals surface area contributed by atoms with Crippen LogP contribution in [-0.4, -0.2) is 22.0 Å². The van der Waals surface area contributed by atoms with E-state index in [0.29, 0.717) is 5.75 Å². The van der Waals surface area contributed by atoms with Gasteiger partial charge in [0, 0.05) is 22.8 Å². The summed E-state index contributed by atoms with van der Waals surface area (Å²) in [4.78, 5) is 24.8. The third kappa shape index (κ3) is 3.29. The van der Waals surface area contributed by atoms with Crippen LogP contribution in [0.4, 0.5) is 5.69 Å². The van der Waals surface area contributed by atoms with Gasteiger partial charge in [0.05, 0.1) is 10.0 Å². The van der Waals surface area contributed by atoms with Crippen LogP contribution in [0.1, 0.15) is 0 Å². The Hall–Kier alpha value is -2.70. The van der Waals surface area contributed by atoms with Crippen molar-refractivity contribution in [2.24, 2.45) is 0 Å². The lowest BCUT2D eigenvalue weighted by atomic mass is 10.2. The summed E-state index contributed by atoms with van der Waals surface area (Å²) in [5, 5.41) is 12.0. The number of aromatic amines is 1. The molecule has 0 aliphatic carbocycles. The number of carboxylic acid groups (broad SMARTS) is 1. The lowest BCUT2D eigenvalue weighted by Gasteiger charge is -2.12. The molecule has 0 bridgehead atoms. The molecule has 1 amide bonds. The van der Waals surface area contributed by atoms with Crippen molar-refractivity contribution in [2.75, 3.05) is 5.32 Å². The fraction of sp³-hybridized carbons (Fsp3) is 0. The normalized spacial score (nSPS) is 10.6. The number of fused-ring (bicyclic) bond motifs is 1. The lowest BCUT2D eigenvalue weighted by Crippen LogP contribution is -2.21. The monoisotopic (exact) mass is 364 g/mol. The second-order valence-corrected chi connectivity index (χ2v) is 5.67. The van der Waals surface area contributed by atoms with Gasteiger partial charge in [-0.1, -0.05) is 23.2 Å². The van der Waals surface area contributed by atoms with Gasteiger partial charge in [-0.05, 0) is 36.4 Å². The number of amides is 1. The molecule has 6 nitrogen and oxygen atoms in total. The number of benzene rings is 2. The highest BCUT2D eigenvalue weighted by atomic mass is 35.5. The van der Waals surface area contributed by atoms with Gasteiger partial charge in [0.2, 0.25) is 0 Å². The fourth-order valence-electron chi connectivity index (χ4n) is 2.13. The molecule has 24 heavy (non-hydrogen) atoms. The number of halogens is 2. The summed E-state index contributed by atoms with van der Waals surface area (Å²) in [6, 6.07) is 10.0. The van der Waals surface area contributed by atoms with Crippen LogP contribution < -0.4 is 10.1 Å². The van der Waals surface area contributed by atoms with Crippen LogP contribution in [0.3, 0.4) is 0 Å². The standard InChI is InChI=1S/C16H10Cl2N2O4/c17-11-6-9(20-15(21)16(22)23)7-12(18)14(11)24-10-1-2-13-8(5-10)3-4-19-13/h1-7,19H,(H,20,21)(H,22,23). The van der Waals surface area contributed by atoms with E-state index >= 15 is 0 Å². The molecule has 0 radical (unpaired) electrons. The number of carboxylic acids is 1. The van der Waals surface area contributed by atoms with E-state index < -0.39 is 11.9 Å². The number of anilines is 1. The molecule has 0 saturated carbocycles.